The van der Waals surface area contributed by atoms with Gasteiger partial charge >= 0.3 is 0 Å². The summed E-state index contributed by atoms with van der Waals surface area (Å²) in [4.78, 5) is 27.5. The molecule has 2 N–H and O–H groups in total. The lowest BCUT2D eigenvalue weighted by Crippen LogP contribution is -2.38. The Hall–Kier alpha value is -2.87. The number of aromatic nitrogens is 1. The fourth-order valence-electron chi connectivity index (χ4n) is 2.86. The van der Waals surface area contributed by atoms with Crippen molar-refractivity contribution in [2.45, 2.75) is 25.8 Å². The molecule has 1 aromatic carbocycles. The van der Waals surface area contributed by atoms with Crippen LogP contribution >= 0.6 is 0 Å². The summed E-state index contributed by atoms with van der Waals surface area (Å²) in [6, 6.07) is 9.79. The Kier molecular flexibility index (Phi) is 5.99. The van der Waals surface area contributed by atoms with Crippen molar-refractivity contribution in [3.05, 3.63) is 63.8 Å². The molecule has 148 valence electrons. The van der Waals surface area contributed by atoms with Gasteiger partial charge in [-0.15, -0.1) is 0 Å². The van der Waals surface area contributed by atoms with Crippen LogP contribution in [0.15, 0.2) is 52.7 Å². The SMILES string of the molecule is CCCCOc1ccccc1-c1ccc(C(=O)N[C@@H]2C=CS(=O)(=O)C2)c(=O)[nH]1. The smallest absolute Gasteiger partial charge is 0.261 e. The number of para-hydroxylation sites is 1. The van der Waals surface area contributed by atoms with E-state index in [1.807, 2.05) is 24.3 Å². The number of rotatable bonds is 7. The number of pyridine rings is 1. The zero-order chi connectivity index (χ0) is 20.1. The van der Waals surface area contributed by atoms with Gasteiger partial charge in [0.2, 0.25) is 0 Å². The number of carbonyl (C=O) groups excluding carboxylic acids is 1. The Balaban J connectivity index is 1.79. The number of sulfone groups is 1. The molecule has 3 rings (SSSR count). The molecule has 0 bridgehead atoms. The monoisotopic (exact) mass is 402 g/mol. The molecule has 7 nitrogen and oxygen atoms in total. The van der Waals surface area contributed by atoms with Gasteiger partial charge in [0, 0.05) is 11.0 Å². The van der Waals surface area contributed by atoms with Crippen molar-refractivity contribution in [1.82, 2.24) is 10.3 Å². The van der Waals surface area contributed by atoms with Gasteiger partial charge in [-0.1, -0.05) is 25.5 Å². The Bertz CT molecular complexity index is 1060. The molecule has 0 aliphatic carbocycles. The molecule has 0 unspecified atom stereocenters. The largest absolute Gasteiger partial charge is 0.493 e. The standard InChI is InChI=1S/C20H22N2O5S/c1-2-3-11-27-18-7-5-4-6-15(18)17-9-8-16(20(24)22-17)19(23)21-14-10-12-28(25,26)13-14/h4-10,12,14H,2-3,11,13H2,1H3,(H,21,23)(H,22,24)/t14-/m1/s1. The highest BCUT2D eigenvalue weighted by Gasteiger charge is 2.24. The molecule has 0 radical (unpaired) electrons. The number of hydrogen-bond donors (Lipinski definition) is 2. The van der Waals surface area contributed by atoms with E-state index in [0.29, 0.717) is 18.1 Å². The maximum atomic E-state index is 12.4. The second kappa shape index (κ2) is 8.43. The fraction of sp³-hybridized carbons (Fsp3) is 0.300. The highest BCUT2D eigenvalue weighted by Crippen LogP contribution is 2.28. The molecule has 28 heavy (non-hydrogen) atoms. The maximum absolute atomic E-state index is 12.4. The van der Waals surface area contributed by atoms with Crippen molar-refractivity contribution in [3.8, 4) is 17.0 Å². The van der Waals surface area contributed by atoms with Gasteiger partial charge in [0.15, 0.2) is 9.84 Å². The summed E-state index contributed by atoms with van der Waals surface area (Å²) in [6.45, 7) is 2.66. The Morgan fingerprint density at radius 2 is 2.04 bits per heavy atom. The van der Waals surface area contributed by atoms with Crippen LogP contribution in [0.4, 0.5) is 0 Å². The van der Waals surface area contributed by atoms with Gasteiger partial charge < -0.3 is 15.0 Å². The number of nitrogens with one attached hydrogen (secondary N) is 2. The van der Waals surface area contributed by atoms with E-state index in [-0.39, 0.29) is 11.3 Å². The maximum Gasteiger partial charge on any atom is 0.261 e. The summed E-state index contributed by atoms with van der Waals surface area (Å²) in [7, 11) is -3.29. The minimum Gasteiger partial charge on any atom is -0.493 e. The third-order valence-electron chi connectivity index (χ3n) is 4.33. The number of unbranched alkanes of at least 4 members (excludes halogenated alkanes) is 1. The number of hydrogen-bond acceptors (Lipinski definition) is 5. The number of H-pyrrole nitrogens is 1. The summed E-state index contributed by atoms with van der Waals surface area (Å²) < 4.78 is 28.7. The first-order valence-corrected chi connectivity index (χ1v) is 10.8. The Morgan fingerprint density at radius 1 is 1.25 bits per heavy atom. The van der Waals surface area contributed by atoms with Crippen LogP contribution in [0.25, 0.3) is 11.3 Å². The van der Waals surface area contributed by atoms with Crippen LogP contribution in [-0.2, 0) is 9.84 Å². The molecular weight excluding hydrogens is 380 g/mol. The highest BCUT2D eigenvalue weighted by atomic mass is 32.2. The van der Waals surface area contributed by atoms with E-state index in [1.54, 1.807) is 6.07 Å². The first-order chi connectivity index (χ1) is 13.4. The van der Waals surface area contributed by atoms with Crippen molar-refractivity contribution < 1.29 is 17.9 Å². The predicted octanol–water partition coefficient (Wildman–Crippen LogP) is 2.26. The minimum absolute atomic E-state index is 0.0779. The molecule has 0 saturated carbocycles. The van der Waals surface area contributed by atoms with Crippen LogP contribution in [0.2, 0.25) is 0 Å². The van der Waals surface area contributed by atoms with Crippen molar-refractivity contribution in [2.75, 3.05) is 12.4 Å². The fourth-order valence-corrected chi connectivity index (χ4v) is 4.10. The Morgan fingerprint density at radius 3 is 2.71 bits per heavy atom. The third kappa shape index (κ3) is 4.69. The second-order valence-electron chi connectivity index (χ2n) is 6.55. The second-order valence-corrected chi connectivity index (χ2v) is 8.48. The lowest BCUT2D eigenvalue weighted by Gasteiger charge is -2.12. The molecular formula is C20H22N2O5S. The van der Waals surface area contributed by atoms with Crippen LogP contribution in [0.3, 0.4) is 0 Å². The molecule has 0 saturated heterocycles. The minimum atomic E-state index is -3.29. The van der Waals surface area contributed by atoms with Crippen molar-refractivity contribution in [3.63, 3.8) is 0 Å². The van der Waals surface area contributed by atoms with Gasteiger partial charge in [0.05, 0.1) is 24.1 Å². The van der Waals surface area contributed by atoms with Gasteiger partial charge in [-0.05, 0) is 36.8 Å². The van der Waals surface area contributed by atoms with Gasteiger partial charge in [-0.3, -0.25) is 9.59 Å². The normalized spacial score (nSPS) is 17.4. The Labute approximate surface area is 163 Å². The third-order valence-corrected chi connectivity index (χ3v) is 5.73. The summed E-state index contributed by atoms with van der Waals surface area (Å²) in [6.07, 6.45) is 3.34. The van der Waals surface area contributed by atoms with Gasteiger partial charge in [-0.25, -0.2) is 8.42 Å². The first kappa shape index (κ1) is 19.9. The number of amides is 1. The summed E-state index contributed by atoms with van der Waals surface area (Å²) in [5.74, 6) is -0.158. The number of carbonyl (C=O) groups is 1. The zero-order valence-electron chi connectivity index (χ0n) is 15.5. The molecule has 1 aliphatic rings. The predicted molar refractivity (Wildman–Crippen MR) is 107 cm³/mol. The lowest BCUT2D eigenvalue weighted by molar-refractivity contribution is 0.0946. The quantitative estimate of drug-likeness (QED) is 0.691. The summed E-state index contributed by atoms with van der Waals surface area (Å²) >= 11 is 0. The molecule has 1 aromatic heterocycles. The van der Waals surface area contributed by atoms with Crippen LogP contribution in [0, 0.1) is 0 Å². The average molecular weight is 402 g/mol. The van der Waals surface area contributed by atoms with Gasteiger partial charge in [-0.2, -0.15) is 0 Å². The molecule has 0 fully saturated rings. The molecule has 1 amide bonds. The van der Waals surface area contributed by atoms with E-state index in [9.17, 15) is 18.0 Å². The van der Waals surface area contributed by atoms with E-state index >= 15 is 0 Å². The van der Waals surface area contributed by atoms with Crippen LogP contribution < -0.4 is 15.6 Å². The van der Waals surface area contributed by atoms with E-state index in [2.05, 4.69) is 17.2 Å². The average Bonchev–Trinajstić information content (AvgIpc) is 3.00. The molecule has 0 spiro atoms. The van der Waals surface area contributed by atoms with Crippen LogP contribution in [-0.4, -0.2) is 37.7 Å². The first-order valence-electron chi connectivity index (χ1n) is 9.07. The van der Waals surface area contributed by atoms with Crippen molar-refractivity contribution in [2.24, 2.45) is 0 Å². The van der Waals surface area contributed by atoms with E-state index in [0.717, 1.165) is 23.8 Å². The van der Waals surface area contributed by atoms with Crippen molar-refractivity contribution >= 4 is 15.7 Å². The lowest BCUT2D eigenvalue weighted by atomic mass is 10.1. The molecule has 2 heterocycles. The molecule has 1 atom stereocenters. The van der Waals surface area contributed by atoms with Gasteiger partial charge in [0.1, 0.15) is 11.3 Å². The highest BCUT2D eigenvalue weighted by molar-refractivity contribution is 7.94. The molecule has 1 aliphatic heterocycles. The number of aromatic amines is 1. The van der Waals surface area contributed by atoms with Crippen molar-refractivity contribution in [1.29, 1.82) is 0 Å². The number of ether oxygens (including phenoxy) is 1. The number of benzene rings is 1. The summed E-state index contributed by atoms with van der Waals surface area (Å²) in [5, 5.41) is 3.62. The van der Waals surface area contributed by atoms with Gasteiger partial charge in [0.25, 0.3) is 11.5 Å². The summed E-state index contributed by atoms with van der Waals surface area (Å²) in [5.41, 5.74) is 0.637. The zero-order valence-corrected chi connectivity index (χ0v) is 16.3. The van der Waals surface area contributed by atoms with E-state index < -0.39 is 27.3 Å². The van der Waals surface area contributed by atoms with E-state index in [1.165, 1.54) is 12.1 Å². The topological polar surface area (TPSA) is 105 Å². The van der Waals surface area contributed by atoms with E-state index in [4.69, 9.17) is 4.74 Å². The van der Waals surface area contributed by atoms with Crippen LogP contribution in [0.5, 0.6) is 5.75 Å². The van der Waals surface area contributed by atoms with Crippen LogP contribution in [0.1, 0.15) is 30.1 Å². The molecule has 2 aromatic rings. The molecule has 8 heteroatoms.